The highest BCUT2D eigenvalue weighted by molar-refractivity contribution is 4.84. The minimum Gasteiger partial charge on any atom is -0.297 e. The first kappa shape index (κ1) is 7.80. The van der Waals surface area contributed by atoms with Gasteiger partial charge >= 0.3 is 0 Å². The first-order valence-corrected chi connectivity index (χ1v) is 4.35. The molecule has 1 saturated heterocycles. The minimum atomic E-state index is 0.555. The predicted molar refractivity (Wildman–Crippen MR) is 46.4 cm³/mol. The molecule has 1 aromatic heterocycles. The molecule has 1 aliphatic rings. The summed E-state index contributed by atoms with van der Waals surface area (Å²) in [4.78, 5) is 1.88. The van der Waals surface area contributed by atoms with Gasteiger partial charge in [-0.2, -0.15) is 5.10 Å². The maximum absolute atomic E-state index is 5.65. The molecule has 2 rings (SSSR count). The SMILES string of the molecule is [CH]N1CCC(n2cccn2)CC1. The molecule has 0 aromatic carbocycles. The number of piperidine rings is 1. The van der Waals surface area contributed by atoms with Crippen LogP contribution in [0.1, 0.15) is 18.9 Å². The lowest BCUT2D eigenvalue weighted by Gasteiger charge is -2.28. The highest BCUT2D eigenvalue weighted by Gasteiger charge is 2.17. The molecule has 0 spiro atoms. The number of rotatable bonds is 1. The Labute approximate surface area is 73.0 Å². The van der Waals surface area contributed by atoms with E-state index in [-0.39, 0.29) is 0 Å². The normalized spacial score (nSPS) is 21.4. The van der Waals surface area contributed by atoms with Gasteiger partial charge in [-0.3, -0.25) is 9.58 Å². The van der Waals surface area contributed by atoms with Crippen LogP contribution in [0.5, 0.6) is 0 Å². The largest absolute Gasteiger partial charge is 0.297 e. The molecule has 3 heteroatoms. The van der Waals surface area contributed by atoms with Crippen LogP contribution in [0.3, 0.4) is 0 Å². The Kier molecular flexibility index (Phi) is 2.13. The molecular formula is C9H13N3. The summed E-state index contributed by atoms with van der Waals surface area (Å²) < 4.78 is 2.03. The molecule has 3 nitrogen and oxygen atoms in total. The molecule has 0 bridgehead atoms. The Hall–Kier alpha value is -0.830. The van der Waals surface area contributed by atoms with Gasteiger partial charge in [0.25, 0.3) is 0 Å². The van der Waals surface area contributed by atoms with Crippen molar-refractivity contribution < 1.29 is 0 Å². The summed E-state index contributed by atoms with van der Waals surface area (Å²) in [6.45, 7) is 1.95. The van der Waals surface area contributed by atoms with Crippen molar-refractivity contribution in [3.63, 3.8) is 0 Å². The van der Waals surface area contributed by atoms with Gasteiger partial charge in [-0.25, -0.2) is 0 Å². The fraction of sp³-hybridized carbons (Fsp3) is 0.556. The van der Waals surface area contributed by atoms with E-state index in [1.54, 1.807) is 0 Å². The lowest BCUT2D eigenvalue weighted by molar-refractivity contribution is 0.231. The number of hydrogen-bond donors (Lipinski definition) is 0. The van der Waals surface area contributed by atoms with Crippen LogP contribution >= 0.6 is 0 Å². The third-order valence-corrected chi connectivity index (χ3v) is 2.40. The van der Waals surface area contributed by atoms with E-state index in [0.29, 0.717) is 6.04 Å². The molecule has 0 saturated carbocycles. The van der Waals surface area contributed by atoms with Gasteiger partial charge in [-0.15, -0.1) is 0 Å². The summed E-state index contributed by atoms with van der Waals surface area (Å²) >= 11 is 0. The van der Waals surface area contributed by atoms with Crippen molar-refractivity contribution in [1.29, 1.82) is 0 Å². The van der Waals surface area contributed by atoms with Crippen LogP contribution in [0.2, 0.25) is 0 Å². The average Bonchev–Trinajstić information content (AvgIpc) is 2.58. The highest BCUT2D eigenvalue weighted by atomic mass is 15.3. The Morgan fingerprint density at radius 1 is 1.33 bits per heavy atom. The molecule has 0 amide bonds. The molecule has 0 unspecified atom stereocenters. The molecule has 2 heterocycles. The van der Waals surface area contributed by atoms with Crippen molar-refractivity contribution in [2.24, 2.45) is 0 Å². The van der Waals surface area contributed by atoms with E-state index >= 15 is 0 Å². The molecule has 1 fully saturated rings. The van der Waals surface area contributed by atoms with E-state index in [9.17, 15) is 0 Å². The van der Waals surface area contributed by atoms with Crippen LogP contribution in [0, 0.1) is 7.05 Å². The third kappa shape index (κ3) is 1.50. The number of nitrogens with zero attached hydrogens (tertiary/aromatic N) is 3. The van der Waals surface area contributed by atoms with E-state index in [0.717, 1.165) is 25.9 Å². The summed E-state index contributed by atoms with van der Waals surface area (Å²) in [5.74, 6) is 0. The number of hydrogen-bond acceptors (Lipinski definition) is 2. The second-order valence-electron chi connectivity index (χ2n) is 3.25. The van der Waals surface area contributed by atoms with E-state index in [2.05, 4.69) is 5.10 Å². The summed E-state index contributed by atoms with van der Waals surface area (Å²) in [6, 6.07) is 2.52. The van der Waals surface area contributed by atoms with Gasteiger partial charge in [0, 0.05) is 32.5 Å². The highest BCUT2D eigenvalue weighted by Crippen LogP contribution is 2.20. The van der Waals surface area contributed by atoms with Crippen molar-refractivity contribution in [1.82, 2.24) is 14.7 Å². The molecule has 2 radical (unpaired) electrons. The monoisotopic (exact) mass is 163 g/mol. The minimum absolute atomic E-state index is 0.555. The van der Waals surface area contributed by atoms with E-state index < -0.39 is 0 Å². The van der Waals surface area contributed by atoms with Crippen LogP contribution in [0.15, 0.2) is 18.5 Å². The summed E-state index contributed by atoms with van der Waals surface area (Å²) in [7, 11) is 5.65. The quantitative estimate of drug-likeness (QED) is 0.620. The Bertz CT molecular complexity index is 222. The summed E-state index contributed by atoms with van der Waals surface area (Å²) in [5, 5.41) is 4.22. The van der Waals surface area contributed by atoms with Gasteiger partial charge in [-0.1, -0.05) is 0 Å². The Morgan fingerprint density at radius 2 is 2.08 bits per heavy atom. The van der Waals surface area contributed by atoms with Crippen LogP contribution in [-0.4, -0.2) is 27.8 Å². The smallest absolute Gasteiger partial charge is 0.0543 e. The zero-order chi connectivity index (χ0) is 8.39. The van der Waals surface area contributed by atoms with Crippen molar-refractivity contribution in [2.45, 2.75) is 18.9 Å². The summed E-state index contributed by atoms with van der Waals surface area (Å²) in [6.07, 6.45) is 6.07. The standard InChI is InChI=1S/C9H13N3/c1-11-7-3-9(4-8-11)12-6-2-5-10-12/h1-2,5-6,9H,3-4,7-8H2. The van der Waals surface area contributed by atoms with Crippen LogP contribution < -0.4 is 0 Å². The zero-order valence-corrected chi connectivity index (χ0v) is 7.06. The second-order valence-corrected chi connectivity index (χ2v) is 3.25. The molecule has 0 N–H and O–H groups in total. The maximum atomic E-state index is 5.65. The maximum Gasteiger partial charge on any atom is 0.0543 e. The Morgan fingerprint density at radius 3 is 2.67 bits per heavy atom. The van der Waals surface area contributed by atoms with Gasteiger partial charge in [-0.05, 0) is 18.9 Å². The van der Waals surface area contributed by atoms with Crippen molar-refractivity contribution in [2.75, 3.05) is 13.1 Å². The first-order chi connectivity index (χ1) is 5.86. The number of likely N-dealkylation sites (tertiary alicyclic amines) is 1. The fourth-order valence-corrected chi connectivity index (χ4v) is 1.65. The predicted octanol–water partition coefficient (Wildman–Crippen LogP) is 1.19. The van der Waals surface area contributed by atoms with Crippen LogP contribution in [0.25, 0.3) is 0 Å². The van der Waals surface area contributed by atoms with E-state index in [4.69, 9.17) is 7.05 Å². The topological polar surface area (TPSA) is 21.1 Å². The molecule has 12 heavy (non-hydrogen) atoms. The first-order valence-electron chi connectivity index (χ1n) is 4.35. The lowest BCUT2D eigenvalue weighted by atomic mass is 10.1. The zero-order valence-electron chi connectivity index (χ0n) is 7.06. The molecule has 1 aromatic rings. The van der Waals surface area contributed by atoms with Crippen molar-refractivity contribution in [3.05, 3.63) is 25.5 Å². The Balaban J connectivity index is 1.99. The molecule has 0 aliphatic carbocycles. The van der Waals surface area contributed by atoms with E-state index in [1.165, 1.54) is 0 Å². The van der Waals surface area contributed by atoms with Gasteiger partial charge in [0.2, 0.25) is 0 Å². The number of aromatic nitrogens is 2. The molecule has 1 aliphatic heterocycles. The van der Waals surface area contributed by atoms with Crippen molar-refractivity contribution in [3.8, 4) is 0 Å². The fourth-order valence-electron chi connectivity index (χ4n) is 1.65. The summed E-state index contributed by atoms with van der Waals surface area (Å²) in [5.41, 5.74) is 0. The van der Waals surface area contributed by atoms with Gasteiger partial charge in [0.15, 0.2) is 0 Å². The molecule has 0 atom stereocenters. The molecular weight excluding hydrogens is 150 g/mol. The van der Waals surface area contributed by atoms with Crippen LogP contribution in [-0.2, 0) is 0 Å². The van der Waals surface area contributed by atoms with E-state index in [1.807, 2.05) is 28.0 Å². The van der Waals surface area contributed by atoms with Gasteiger partial charge in [0.1, 0.15) is 0 Å². The average molecular weight is 163 g/mol. The third-order valence-electron chi connectivity index (χ3n) is 2.40. The van der Waals surface area contributed by atoms with Gasteiger partial charge < -0.3 is 0 Å². The lowest BCUT2D eigenvalue weighted by Crippen LogP contribution is -2.30. The molecule has 64 valence electrons. The van der Waals surface area contributed by atoms with Crippen molar-refractivity contribution >= 4 is 0 Å². The van der Waals surface area contributed by atoms with Crippen LogP contribution in [0.4, 0.5) is 0 Å². The van der Waals surface area contributed by atoms with Gasteiger partial charge in [0.05, 0.1) is 6.04 Å². The second kappa shape index (κ2) is 3.27.